The molecule has 3 aromatic rings. The molecular formula is C20H15Cl2N2NaO4. The van der Waals surface area contributed by atoms with Crippen LogP contribution in [-0.2, 0) is 4.79 Å². The predicted molar refractivity (Wildman–Crippen MR) is 108 cm³/mol. The van der Waals surface area contributed by atoms with Gasteiger partial charge in [0.05, 0.1) is 23.3 Å². The van der Waals surface area contributed by atoms with E-state index in [4.69, 9.17) is 27.9 Å². The summed E-state index contributed by atoms with van der Waals surface area (Å²) < 4.78 is 5.34. The Bertz CT molecular complexity index is 1080. The summed E-state index contributed by atoms with van der Waals surface area (Å²) in [5.41, 5.74) is 1.05. The van der Waals surface area contributed by atoms with Gasteiger partial charge in [0, 0.05) is 33.3 Å². The van der Waals surface area contributed by atoms with Crippen molar-refractivity contribution < 1.29 is 49.0 Å². The predicted octanol–water partition coefficient (Wildman–Crippen LogP) is 0.893. The third kappa shape index (κ3) is 5.56. The first kappa shape index (κ1) is 23.3. The molecule has 3 rings (SSSR count). The number of carboxylic acids is 1. The molecule has 0 saturated heterocycles. The second kappa shape index (κ2) is 10.2. The number of ether oxygens (including phenoxy) is 1. The zero-order valence-corrected chi connectivity index (χ0v) is 19.2. The van der Waals surface area contributed by atoms with Crippen LogP contribution < -0.4 is 44.7 Å². The van der Waals surface area contributed by atoms with Crippen LogP contribution >= 0.6 is 23.2 Å². The molecule has 0 atom stereocenters. The molecule has 2 N–H and O–H groups in total. The van der Waals surface area contributed by atoms with Gasteiger partial charge in [0.25, 0.3) is 0 Å². The van der Waals surface area contributed by atoms with E-state index in [1.165, 1.54) is 18.2 Å². The van der Waals surface area contributed by atoms with Gasteiger partial charge in [-0.15, -0.1) is 0 Å². The number of aromatic nitrogens is 1. The summed E-state index contributed by atoms with van der Waals surface area (Å²) in [7, 11) is 0. The molecular weight excluding hydrogens is 426 g/mol. The smallest absolute Gasteiger partial charge is 0.543 e. The third-order valence-electron chi connectivity index (χ3n) is 3.89. The number of anilines is 1. The Labute approximate surface area is 199 Å². The number of carboxylic acid groups (broad SMARTS) is 1. The van der Waals surface area contributed by atoms with Gasteiger partial charge in [-0.2, -0.15) is 0 Å². The number of carbonyl (C=O) groups is 2. The quantitative estimate of drug-likeness (QED) is 0.439. The van der Waals surface area contributed by atoms with Crippen LogP contribution in [0.15, 0.2) is 42.5 Å². The van der Waals surface area contributed by atoms with Crippen molar-refractivity contribution in [2.45, 2.75) is 6.92 Å². The summed E-state index contributed by atoms with van der Waals surface area (Å²) in [4.78, 5) is 26.4. The molecule has 0 aliphatic heterocycles. The Morgan fingerprint density at radius 1 is 1.21 bits per heavy atom. The largest absolute Gasteiger partial charge is 1.00 e. The molecule has 0 bridgehead atoms. The van der Waals surface area contributed by atoms with Crippen molar-refractivity contribution in [3.8, 4) is 5.75 Å². The summed E-state index contributed by atoms with van der Waals surface area (Å²) in [5, 5.41) is 15.2. The minimum Gasteiger partial charge on any atom is -0.543 e. The van der Waals surface area contributed by atoms with Gasteiger partial charge in [-0.25, -0.2) is 0 Å². The Hall–Kier alpha value is -1.96. The third-order valence-corrected chi connectivity index (χ3v) is 4.41. The van der Waals surface area contributed by atoms with E-state index in [0.717, 1.165) is 0 Å². The maximum atomic E-state index is 12.2. The number of carbonyl (C=O) groups excluding carboxylic acids is 2. The normalized spacial score (nSPS) is 10.7. The maximum Gasteiger partial charge on any atom is 1.00 e. The zero-order valence-electron chi connectivity index (χ0n) is 15.7. The first-order chi connectivity index (χ1) is 13.4. The molecule has 0 unspecified atom stereocenters. The number of amides is 1. The van der Waals surface area contributed by atoms with Crippen molar-refractivity contribution in [1.29, 1.82) is 0 Å². The minimum atomic E-state index is -1.42. The van der Waals surface area contributed by atoms with Gasteiger partial charge < -0.3 is 24.9 Å². The Balaban J connectivity index is 0.00000300. The molecule has 1 amide bonds. The summed E-state index contributed by atoms with van der Waals surface area (Å²) in [6.45, 7) is 2.43. The van der Waals surface area contributed by atoms with Crippen LogP contribution in [0.1, 0.15) is 23.0 Å². The summed E-state index contributed by atoms with van der Waals surface area (Å²) >= 11 is 12.2. The van der Waals surface area contributed by atoms with E-state index in [1.54, 1.807) is 30.3 Å². The van der Waals surface area contributed by atoms with Gasteiger partial charge in [-0.05, 0) is 49.4 Å². The minimum absolute atomic E-state index is 0. The molecule has 0 saturated carbocycles. The molecule has 9 heteroatoms. The van der Waals surface area contributed by atoms with E-state index >= 15 is 0 Å². The van der Waals surface area contributed by atoms with Crippen molar-refractivity contribution in [2.75, 3.05) is 11.9 Å². The van der Waals surface area contributed by atoms with Crippen molar-refractivity contribution in [3.63, 3.8) is 0 Å². The van der Waals surface area contributed by atoms with Crippen LogP contribution in [0.4, 0.5) is 5.69 Å². The van der Waals surface area contributed by atoms with Gasteiger partial charge in [-0.1, -0.05) is 23.2 Å². The number of halogens is 2. The van der Waals surface area contributed by atoms with Crippen molar-refractivity contribution in [2.24, 2.45) is 0 Å². The van der Waals surface area contributed by atoms with E-state index in [1.807, 2.05) is 6.92 Å². The Kier molecular flexibility index (Phi) is 8.19. The fraction of sp³-hybridized carbons (Fsp3) is 0.100. The molecule has 29 heavy (non-hydrogen) atoms. The average molecular weight is 441 g/mol. The first-order valence-electron chi connectivity index (χ1n) is 8.33. The molecule has 1 aromatic heterocycles. The molecule has 0 spiro atoms. The molecule has 2 aromatic carbocycles. The summed E-state index contributed by atoms with van der Waals surface area (Å²) in [6, 6.07) is 9.92. The number of aromatic carboxylic acids is 1. The fourth-order valence-electron chi connectivity index (χ4n) is 2.74. The van der Waals surface area contributed by atoms with Crippen LogP contribution in [0.2, 0.25) is 10.0 Å². The van der Waals surface area contributed by atoms with Crippen LogP contribution in [0.3, 0.4) is 0 Å². The number of nitrogens with one attached hydrogen (secondary N) is 2. The van der Waals surface area contributed by atoms with Gasteiger partial charge in [-0.3, -0.25) is 4.79 Å². The molecule has 0 fully saturated rings. The number of benzene rings is 2. The second-order valence-electron chi connectivity index (χ2n) is 5.79. The topological polar surface area (TPSA) is 94.2 Å². The van der Waals surface area contributed by atoms with Crippen molar-refractivity contribution in [1.82, 2.24) is 4.98 Å². The molecule has 0 aliphatic rings. The molecule has 144 valence electrons. The Morgan fingerprint density at radius 3 is 2.52 bits per heavy atom. The molecule has 1 heterocycles. The van der Waals surface area contributed by atoms with E-state index in [-0.39, 0.29) is 45.8 Å². The van der Waals surface area contributed by atoms with Crippen molar-refractivity contribution >= 4 is 57.7 Å². The van der Waals surface area contributed by atoms with Crippen LogP contribution in [-0.4, -0.2) is 23.5 Å². The summed E-state index contributed by atoms with van der Waals surface area (Å²) in [6.07, 6.45) is 2.59. The maximum absolute atomic E-state index is 12.2. The average Bonchev–Trinajstić information content (AvgIpc) is 3.01. The molecule has 0 radical (unpaired) electrons. The van der Waals surface area contributed by atoms with Gasteiger partial charge in [0.15, 0.2) is 0 Å². The van der Waals surface area contributed by atoms with Gasteiger partial charge >= 0.3 is 29.6 Å². The van der Waals surface area contributed by atoms with Crippen molar-refractivity contribution in [3.05, 3.63) is 63.8 Å². The van der Waals surface area contributed by atoms with Crippen LogP contribution in [0, 0.1) is 0 Å². The molecule has 0 aliphatic carbocycles. The monoisotopic (exact) mass is 440 g/mol. The summed E-state index contributed by atoms with van der Waals surface area (Å²) in [5.74, 6) is -1.16. The fourth-order valence-corrected chi connectivity index (χ4v) is 3.34. The molecule has 6 nitrogen and oxygen atoms in total. The van der Waals surface area contributed by atoms with E-state index < -0.39 is 11.9 Å². The van der Waals surface area contributed by atoms with Gasteiger partial charge in [0.2, 0.25) is 5.91 Å². The van der Waals surface area contributed by atoms with E-state index in [0.29, 0.717) is 34.0 Å². The number of hydrogen-bond acceptors (Lipinski definition) is 4. The number of hydrogen-bond donors (Lipinski definition) is 2. The van der Waals surface area contributed by atoms with E-state index in [2.05, 4.69) is 10.3 Å². The van der Waals surface area contributed by atoms with Crippen LogP contribution in [0.25, 0.3) is 17.0 Å². The number of rotatable bonds is 6. The number of H-pyrrole nitrogens is 1. The van der Waals surface area contributed by atoms with Crippen LogP contribution in [0.5, 0.6) is 5.75 Å². The first-order valence-corrected chi connectivity index (χ1v) is 9.08. The number of fused-ring (bicyclic) bond motifs is 1. The number of aromatic amines is 1. The van der Waals surface area contributed by atoms with E-state index in [9.17, 15) is 14.7 Å². The Morgan fingerprint density at radius 2 is 1.90 bits per heavy atom. The SMILES string of the molecule is CCOc1ccc(NC(=O)/C=C/c2c(C(=O)[O-])[nH]c3cc(Cl)cc(Cl)c23)cc1.[Na+]. The zero-order chi connectivity index (χ0) is 20.3. The second-order valence-corrected chi connectivity index (χ2v) is 6.63. The van der Waals surface area contributed by atoms with Gasteiger partial charge in [0.1, 0.15) is 5.75 Å². The standard InChI is InChI=1S/C20H16Cl2N2O4.Na/c1-2-28-13-5-3-12(4-6-13)23-17(25)8-7-14-18-15(22)9-11(21)10-16(18)24-19(14)20(26)27;/h3-10,24H,2H2,1H3,(H,23,25)(H,26,27);/q;+1/p-1/b8-7+;.